The molecule has 1 aliphatic rings. The minimum Gasteiger partial charge on any atom is -0.389 e. The number of likely N-dealkylation sites (N-methyl/N-ethyl adjacent to an activating group) is 1. The molecule has 1 saturated heterocycles. The van der Waals surface area contributed by atoms with Gasteiger partial charge in [0.25, 0.3) is 0 Å². The van der Waals surface area contributed by atoms with Crippen LogP contribution in [-0.2, 0) is 11.3 Å². The number of ether oxygens (including phenoxy) is 1. The molecule has 0 aromatic heterocycles. The third-order valence-corrected chi connectivity index (χ3v) is 4.46. The standard InChI is InChI=1S/C18H30N2O2/c1-19(12-10-17-9-6-11-20(17)2)13-18(21)15-22-14-16-7-4-3-5-8-16/h3-5,7-8,17-18,21H,6,9-15H2,1-2H3. The second-order valence-electron chi connectivity index (χ2n) is 6.48. The normalized spacial score (nSPS) is 20.6. The van der Waals surface area contributed by atoms with Crippen molar-refractivity contribution in [2.75, 3.05) is 40.3 Å². The van der Waals surface area contributed by atoms with Crippen LogP contribution < -0.4 is 0 Å². The van der Waals surface area contributed by atoms with E-state index < -0.39 is 6.10 Å². The predicted molar refractivity (Wildman–Crippen MR) is 89.9 cm³/mol. The summed E-state index contributed by atoms with van der Waals surface area (Å²) in [6.45, 7) is 3.89. The first-order chi connectivity index (χ1) is 10.6. The van der Waals surface area contributed by atoms with Gasteiger partial charge in [-0.05, 0) is 52.0 Å². The van der Waals surface area contributed by atoms with Crippen LogP contribution in [0, 0.1) is 0 Å². The van der Waals surface area contributed by atoms with Gasteiger partial charge in [0.2, 0.25) is 0 Å². The molecule has 0 bridgehead atoms. The van der Waals surface area contributed by atoms with E-state index in [0.717, 1.165) is 12.1 Å². The highest BCUT2D eigenvalue weighted by Crippen LogP contribution is 2.17. The molecule has 0 spiro atoms. The fourth-order valence-electron chi connectivity index (χ4n) is 3.10. The number of nitrogens with zero attached hydrogens (tertiary/aromatic N) is 2. The molecule has 1 fully saturated rings. The van der Waals surface area contributed by atoms with Gasteiger partial charge in [0.15, 0.2) is 0 Å². The average Bonchev–Trinajstić information content (AvgIpc) is 2.91. The lowest BCUT2D eigenvalue weighted by Gasteiger charge is -2.24. The van der Waals surface area contributed by atoms with Crippen molar-refractivity contribution in [3.05, 3.63) is 35.9 Å². The van der Waals surface area contributed by atoms with E-state index in [0.29, 0.717) is 25.8 Å². The third kappa shape index (κ3) is 6.05. The Morgan fingerprint density at radius 3 is 2.82 bits per heavy atom. The number of hydrogen-bond donors (Lipinski definition) is 1. The number of aliphatic hydroxyl groups is 1. The van der Waals surface area contributed by atoms with Crippen LogP contribution in [0.4, 0.5) is 0 Å². The van der Waals surface area contributed by atoms with Gasteiger partial charge in [-0.3, -0.25) is 0 Å². The molecular formula is C18H30N2O2. The summed E-state index contributed by atoms with van der Waals surface area (Å²) in [5.41, 5.74) is 1.15. The van der Waals surface area contributed by atoms with Crippen LogP contribution in [0.5, 0.6) is 0 Å². The van der Waals surface area contributed by atoms with Crippen LogP contribution in [0.15, 0.2) is 30.3 Å². The first-order valence-corrected chi connectivity index (χ1v) is 8.33. The molecule has 2 atom stereocenters. The Bertz CT molecular complexity index is 413. The Morgan fingerprint density at radius 2 is 2.14 bits per heavy atom. The fourth-order valence-corrected chi connectivity index (χ4v) is 3.10. The van der Waals surface area contributed by atoms with Crippen molar-refractivity contribution >= 4 is 0 Å². The summed E-state index contributed by atoms with van der Waals surface area (Å²) in [6.07, 6.45) is 3.40. The van der Waals surface area contributed by atoms with E-state index in [9.17, 15) is 5.11 Å². The van der Waals surface area contributed by atoms with Gasteiger partial charge >= 0.3 is 0 Å². The maximum Gasteiger partial charge on any atom is 0.0900 e. The van der Waals surface area contributed by atoms with E-state index in [1.807, 2.05) is 30.3 Å². The molecule has 0 aliphatic carbocycles. The first kappa shape index (κ1) is 17.4. The minimum atomic E-state index is -0.421. The zero-order chi connectivity index (χ0) is 15.8. The van der Waals surface area contributed by atoms with E-state index >= 15 is 0 Å². The van der Waals surface area contributed by atoms with Crippen molar-refractivity contribution in [1.29, 1.82) is 0 Å². The number of likely N-dealkylation sites (tertiary alicyclic amines) is 1. The summed E-state index contributed by atoms with van der Waals surface area (Å²) in [7, 11) is 4.29. The summed E-state index contributed by atoms with van der Waals surface area (Å²) >= 11 is 0. The van der Waals surface area contributed by atoms with Crippen molar-refractivity contribution in [2.24, 2.45) is 0 Å². The molecule has 124 valence electrons. The number of hydrogen-bond acceptors (Lipinski definition) is 4. The Morgan fingerprint density at radius 1 is 1.36 bits per heavy atom. The molecule has 2 unspecified atom stereocenters. The van der Waals surface area contributed by atoms with E-state index in [1.54, 1.807) is 0 Å². The lowest BCUT2D eigenvalue weighted by atomic mass is 10.1. The van der Waals surface area contributed by atoms with Crippen LogP contribution in [0.3, 0.4) is 0 Å². The Labute approximate surface area is 134 Å². The molecular weight excluding hydrogens is 276 g/mol. The first-order valence-electron chi connectivity index (χ1n) is 8.33. The van der Waals surface area contributed by atoms with Crippen LogP contribution in [0.2, 0.25) is 0 Å². The summed E-state index contributed by atoms with van der Waals surface area (Å²) in [5, 5.41) is 10.1. The number of benzene rings is 1. The third-order valence-electron chi connectivity index (χ3n) is 4.46. The van der Waals surface area contributed by atoms with Crippen molar-refractivity contribution in [3.63, 3.8) is 0 Å². The molecule has 1 aromatic rings. The smallest absolute Gasteiger partial charge is 0.0900 e. The molecule has 1 aromatic carbocycles. The molecule has 0 amide bonds. The summed E-state index contributed by atoms with van der Waals surface area (Å²) in [5.74, 6) is 0. The van der Waals surface area contributed by atoms with Crippen molar-refractivity contribution in [2.45, 2.75) is 38.0 Å². The van der Waals surface area contributed by atoms with E-state index in [4.69, 9.17) is 4.74 Å². The van der Waals surface area contributed by atoms with Gasteiger partial charge in [-0.1, -0.05) is 30.3 Å². The second-order valence-corrected chi connectivity index (χ2v) is 6.48. The summed E-state index contributed by atoms with van der Waals surface area (Å²) < 4.78 is 5.59. The van der Waals surface area contributed by atoms with E-state index in [1.165, 1.54) is 25.8 Å². The largest absolute Gasteiger partial charge is 0.389 e. The summed E-state index contributed by atoms with van der Waals surface area (Å²) in [4.78, 5) is 4.66. The minimum absolute atomic E-state index is 0.391. The Hall–Kier alpha value is -0.940. The van der Waals surface area contributed by atoms with Gasteiger partial charge in [-0.15, -0.1) is 0 Å². The highest BCUT2D eigenvalue weighted by atomic mass is 16.5. The maximum absolute atomic E-state index is 10.1. The zero-order valence-corrected chi connectivity index (χ0v) is 13.9. The van der Waals surface area contributed by atoms with E-state index in [2.05, 4.69) is 23.9 Å². The quantitative estimate of drug-likeness (QED) is 0.757. The van der Waals surface area contributed by atoms with Gasteiger partial charge < -0.3 is 19.6 Å². The topological polar surface area (TPSA) is 35.9 Å². The van der Waals surface area contributed by atoms with E-state index in [-0.39, 0.29) is 0 Å². The molecule has 1 aliphatic heterocycles. The van der Waals surface area contributed by atoms with Gasteiger partial charge in [0.1, 0.15) is 0 Å². The molecule has 1 N–H and O–H groups in total. The van der Waals surface area contributed by atoms with Gasteiger partial charge in [-0.25, -0.2) is 0 Å². The van der Waals surface area contributed by atoms with Crippen LogP contribution in [0.1, 0.15) is 24.8 Å². The van der Waals surface area contributed by atoms with Crippen LogP contribution >= 0.6 is 0 Å². The van der Waals surface area contributed by atoms with Crippen LogP contribution in [-0.4, -0.2) is 67.4 Å². The molecule has 22 heavy (non-hydrogen) atoms. The lowest BCUT2D eigenvalue weighted by Crippen LogP contribution is -2.35. The fraction of sp³-hybridized carbons (Fsp3) is 0.667. The Balaban J connectivity index is 1.56. The molecule has 0 saturated carbocycles. The van der Waals surface area contributed by atoms with Crippen LogP contribution in [0.25, 0.3) is 0 Å². The molecule has 4 heteroatoms. The summed E-state index contributed by atoms with van der Waals surface area (Å²) in [6, 6.07) is 10.8. The predicted octanol–water partition coefficient (Wildman–Crippen LogP) is 1.98. The molecule has 0 radical (unpaired) electrons. The molecule has 1 heterocycles. The van der Waals surface area contributed by atoms with Gasteiger partial charge in [0, 0.05) is 12.6 Å². The van der Waals surface area contributed by atoms with Gasteiger partial charge in [0.05, 0.1) is 19.3 Å². The number of rotatable bonds is 9. The average molecular weight is 306 g/mol. The zero-order valence-electron chi connectivity index (χ0n) is 13.9. The molecule has 2 rings (SSSR count). The highest BCUT2D eigenvalue weighted by Gasteiger charge is 2.21. The maximum atomic E-state index is 10.1. The Kier molecular flexibility index (Phi) is 7.33. The van der Waals surface area contributed by atoms with Crippen molar-refractivity contribution in [1.82, 2.24) is 9.80 Å². The molecule has 4 nitrogen and oxygen atoms in total. The SMILES string of the molecule is CN(CCC1CCCN1C)CC(O)COCc1ccccc1. The van der Waals surface area contributed by atoms with Crippen molar-refractivity contribution < 1.29 is 9.84 Å². The highest BCUT2D eigenvalue weighted by molar-refractivity contribution is 5.13. The number of aliphatic hydroxyl groups excluding tert-OH is 1. The monoisotopic (exact) mass is 306 g/mol. The lowest BCUT2D eigenvalue weighted by molar-refractivity contribution is 0.0130. The van der Waals surface area contributed by atoms with Gasteiger partial charge in [-0.2, -0.15) is 0 Å². The second kappa shape index (κ2) is 9.26. The van der Waals surface area contributed by atoms with Crippen molar-refractivity contribution in [3.8, 4) is 0 Å².